The Morgan fingerprint density at radius 2 is 1.96 bits per heavy atom. The molecule has 0 bridgehead atoms. The molecule has 0 saturated carbocycles. The highest BCUT2D eigenvalue weighted by Gasteiger charge is 2.31. The van der Waals surface area contributed by atoms with E-state index in [2.05, 4.69) is 15.1 Å². The van der Waals surface area contributed by atoms with Gasteiger partial charge in [0.25, 0.3) is 5.91 Å². The Labute approximate surface area is 127 Å². The molecule has 0 spiro atoms. The Balaban J connectivity index is 2.21. The number of nitrogens with two attached hydrogens (primary N) is 1. The van der Waals surface area contributed by atoms with E-state index in [-0.39, 0.29) is 22.5 Å². The normalized spacial score (nSPS) is 11.8. The molecule has 0 saturated heterocycles. The number of pyridine rings is 1. The van der Waals surface area contributed by atoms with Crippen LogP contribution in [0.3, 0.4) is 0 Å². The molecule has 2 N–H and O–H groups in total. The Morgan fingerprint density at radius 3 is 2.61 bits per heavy atom. The van der Waals surface area contributed by atoms with Crippen LogP contribution >= 0.6 is 0 Å². The molecule has 6 nitrogen and oxygen atoms in total. The molecular formula is C14H10F3N5O. The van der Waals surface area contributed by atoms with Crippen molar-refractivity contribution in [3.63, 3.8) is 0 Å². The SMILES string of the molecule is Cc1cc(-c2cncc(C(F)(F)F)c2)nc2c(C(N)=O)cnn12. The van der Waals surface area contributed by atoms with Crippen LogP contribution in [0.15, 0.2) is 30.7 Å². The molecule has 0 unspecified atom stereocenters. The molecule has 23 heavy (non-hydrogen) atoms. The van der Waals surface area contributed by atoms with Crippen LogP contribution in [0.5, 0.6) is 0 Å². The van der Waals surface area contributed by atoms with Crippen LogP contribution in [0.4, 0.5) is 13.2 Å². The first kappa shape index (κ1) is 14.9. The molecule has 9 heteroatoms. The van der Waals surface area contributed by atoms with Crippen LogP contribution in [-0.2, 0) is 6.18 Å². The summed E-state index contributed by atoms with van der Waals surface area (Å²) in [5.41, 5.74) is 5.67. The summed E-state index contributed by atoms with van der Waals surface area (Å²) in [6, 6.07) is 2.51. The predicted molar refractivity (Wildman–Crippen MR) is 74.5 cm³/mol. The quantitative estimate of drug-likeness (QED) is 0.784. The lowest BCUT2D eigenvalue weighted by Gasteiger charge is -2.09. The molecule has 0 aromatic carbocycles. The fraction of sp³-hybridized carbons (Fsp3) is 0.143. The first-order chi connectivity index (χ1) is 10.8. The molecule has 0 atom stereocenters. The molecule has 0 aliphatic rings. The number of carbonyl (C=O) groups excluding carboxylic acids is 1. The van der Waals surface area contributed by atoms with E-state index in [9.17, 15) is 18.0 Å². The number of rotatable bonds is 2. The third-order valence-electron chi connectivity index (χ3n) is 3.28. The molecule has 0 fully saturated rings. The van der Waals surface area contributed by atoms with Crippen molar-refractivity contribution in [2.45, 2.75) is 13.1 Å². The van der Waals surface area contributed by atoms with E-state index >= 15 is 0 Å². The summed E-state index contributed by atoms with van der Waals surface area (Å²) in [4.78, 5) is 19.2. The number of carbonyl (C=O) groups is 1. The molecule has 3 aromatic rings. The maximum Gasteiger partial charge on any atom is 0.417 e. The van der Waals surface area contributed by atoms with E-state index in [4.69, 9.17) is 5.73 Å². The van der Waals surface area contributed by atoms with Gasteiger partial charge in [-0.3, -0.25) is 9.78 Å². The number of hydrogen-bond acceptors (Lipinski definition) is 4. The van der Waals surface area contributed by atoms with Crippen LogP contribution in [-0.4, -0.2) is 25.5 Å². The summed E-state index contributed by atoms with van der Waals surface area (Å²) in [5, 5.41) is 3.99. The Bertz CT molecular complexity index is 916. The van der Waals surface area contributed by atoms with Gasteiger partial charge in [0.15, 0.2) is 5.65 Å². The van der Waals surface area contributed by atoms with Crippen LogP contribution in [0.25, 0.3) is 16.9 Å². The van der Waals surface area contributed by atoms with Crippen molar-refractivity contribution in [3.8, 4) is 11.3 Å². The number of nitrogens with zero attached hydrogens (tertiary/aromatic N) is 4. The number of aromatic nitrogens is 4. The van der Waals surface area contributed by atoms with E-state index in [1.165, 1.54) is 16.9 Å². The van der Waals surface area contributed by atoms with Gasteiger partial charge in [0.2, 0.25) is 0 Å². The largest absolute Gasteiger partial charge is 0.417 e. The lowest BCUT2D eigenvalue weighted by Crippen LogP contribution is -2.11. The molecule has 1 amide bonds. The van der Waals surface area contributed by atoms with E-state index < -0.39 is 17.6 Å². The average Bonchev–Trinajstić information content (AvgIpc) is 2.91. The summed E-state index contributed by atoms with van der Waals surface area (Å²) in [6.07, 6.45) is -1.22. The standard InChI is InChI=1S/C14H10F3N5O/c1-7-2-11(8-3-9(5-19-4-8)14(15,16)17)21-13-10(12(18)23)6-20-22(7)13/h2-6H,1H3,(H2,18,23). The van der Waals surface area contributed by atoms with Crippen molar-refractivity contribution in [3.05, 3.63) is 47.5 Å². The van der Waals surface area contributed by atoms with Gasteiger partial charge in [0, 0.05) is 23.7 Å². The number of halogens is 3. The van der Waals surface area contributed by atoms with Crippen molar-refractivity contribution in [2.24, 2.45) is 5.73 Å². The molecule has 3 aromatic heterocycles. The van der Waals surface area contributed by atoms with Crippen LogP contribution in [0, 0.1) is 6.92 Å². The molecule has 3 heterocycles. The van der Waals surface area contributed by atoms with Crippen molar-refractivity contribution in [1.29, 1.82) is 0 Å². The van der Waals surface area contributed by atoms with Crippen molar-refractivity contribution >= 4 is 11.6 Å². The summed E-state index contributed by atoms with van der Waals surface area (Å²) >= 11 is 0. The first-order valence-corrected chi connectivity index (χ1v) is 6.45. The van der Waals surface area contributed by atoms with E-state index in [1.54, 1.807) is 13.0 Å². The van der Waals surface area contributed by atoms with Gasteiger partial charge in [-0.15, -0.1) is 0 Å². The van der Waals surface area contributed by atoms with Gasteiger partial charge in [-0.05, 0) is 19.1 Å². The maximum absolute atomic E-state index is 12.8. The second-order valence-corrected chi connectivity index (χ2v) is 4.90. The van der Waals surface area contributed by atoms with Crippen molar-refractivity contribution in [2.75, 3.05) is 0 Å². The number of alkyl halides is 3. The summed E-state index contributed by atoms with van der Waals surface area (Å²) in [7, 11) is 0. The maximum atomic E-state index is 12.8. The van der Waals surface area contributed by atoms with E-state index in [1.807, 2.05) is 0 Å². The van der Waals surface area contributed by atoms with Gasteiger partial charge in [-0.25, -0.2) is 9.50 Å². The van der Waals surface area contributed by atoms with Crippen LogP contribution in [0.2, 0.25) is 0 Å². The fourth-order valence-electron chi connectivity index (χ4n) is 2.17. The lowest BCUT2D eigenvalue weighted by atomic mass is 10.1. The first-order valence-electron chi connectivity index (χ1n) is 6.45. The zero-order chi connectivity index (χ0) is 16.8. The highest BCUT2D eigenvalue weighted by atomic mass is 19.4. The summed E-state index contributed by atoms with van der Waals surface area (Å²) in [6.45, 7) is 1.69. The molecule has 0 aliphatic heterocycles. The minimum absolute atomic E-state index is 0.0925. The molecule has 0 aliphatic carbocycles. The zero-order valence-electron chi connectivity index (χ0n) is 11.8. The van der Waals surface area contributed by atoms with Gasteiger partial charge >= 0.3 is 6.18 Å². The summed E-state index contributed by atoms with van der Waals surface area (Å²) in [5.74, 6) is -0.716. The molecule has 118 valence electrons. The number of aryl methyl sites for hydroxylation is 1. The average molecular weight is 321 g/mol. The summed E-state index contributed by atoms with van der Waals surface area (Å²) < 4.78 is 39.8. The fourth-order valence-corrected chi connectivity index (χ4v) is 2.17. The third-order valence-corrected chi connectivity index (χ3v) is 3.28. The number of fused-ring (bicyclic) bond motifs is 1. The molecular weight excluding hydrogens is 311 g/mol. The Morgan fingerprint density at radius 1 is 1.22 bits per heavy atom. The molecule has 3 rings (SSSR count). The highest BCUT2D eigenvalue weighted by Crippen LogP contribution is 2.31. The number of hydrogen-bond donors (Lipinski definition) is 1. The predicted octanol–water partition coefficient (Wildman–Crippen LogP) is 2.22. The van der Waals surface area contributed by atoms with Gasteiger partial charge in [0.1, 0.15) is 5.56 Å². The van der Waals surface area contributed by atoms with Crippen molar-refractivity contribution in [1.82, 2.24) is 19.6 Å². The van der Waals surface area contributed by atoms with E-state index in [0.29, 0.717) is 5.69 Å². The minimum Gasteiger partial charge on any atom is -0.365 e. The zero-order valence-corrected chi connectivity index (χ0v) is 11.8. The number of primary amides is 1. The monoisotopic (exact) mass is 321 g/mol. The van der Waals surface area contributed by atoms with Crippen LogP contribution < -0.4 is 5.73 Å². The number of amides is 1. The second kappa shape index (κ2) is 5.04. The van der Waals surface area contributed by atoms with Crippen molar-refractivity contribution < 1.29 is 18.0 Å². The van der Waals surface area contributed by atoms with Crippen LogP contribution in [0.1, 0.15) is 21.6 Å². The van der Waals surface area contributed by atoms with Gasteiger partial charge in [-0.2, -0.15) is 18.3 Å². The third kappa shape index (κ3) is 2.60. The van der Waals surface area contributed by atoms with Gasteiger partial charge in [0.05, 0.1) is 17.5 Å². The van der Waals surface area contributed by atoms with E-state index in [0.717, 1.165) is 12.3 Å². The molecule has 0 radical (unpaired) electrons. The highest BCUT2D eigenvalue weighted by molar-refractivity contribution is 5.98. The smallest absolute Gasteiger partial charge is 0.365 e. The van der Waals surface area contributed by atoms with Gasteiger partial charge < -0.3 is 5.73 Å². The lowest BCUT2D eigenvalue weighted by molar-refractivity contribution is -0.137. The Hall–Kier alpha value is -2.97. The Kier molecular flexibility index (Phi) is 3.28. The second-order valence-electron chi connectivity index (χ2n) is 4.90. The minimum atomic E-state index is -4.50. The van der Waals surface area contributed by atoms with Gasteiger partial charge in [-0.1, -0.05) is 0 Å². The topological polar surface area (TPSA) is 86.2 Å².